The van der Waals surface area contributed by atoms with Crippen LogP contribution in [-0.4, -0.2) is 23.7 Å². The topological polar surface area (TPSA) is 95.1 Å². The van der Waals surface area contributed by atoms with Crippen LogP contribution in [0.15, 0.2) is 23.2 Å². The summed E-state index contributed by atoms with van der Waals surface area (Å²) in [5, 5.41) is 15.5. The van der Waals surface area contributed by atoms with Crippen molar-refractivity contribution in [3.8, 4) is 0 Å². The summed E-state index contributed by atoms with van der Waals surface area (Å²) >= 11 is 11.8. The molecule has 2 rings (SSSR count). The molecule has 108 valence electrons. The average Bonchev–Trinajstić information content (AvgIpc) is 2.76. The second kappa shape index (κ2) is 5.61. The highest BCUT2D eigenvalue weighted by atomic mass is 35.5. The number of benzene rings is 1. The molecule has 0 aliphatic rings. The smallest absolute Gasteiger partial charge is 0.281 e. The second-order valence-electron chi connectivity index (χ2n) is 4.00. The predicted octanol–water partition coefficient (Wildman–Crippen LogP) is 2.32. The fourth-order valence-electron chi connectivity index (χ4n) is 1.61. The van der Waals surface area contributed by atoms with Crippen LogP contribution in [0.5, 0.6) is 0 Å². The molecule has 0 spiro atoms. The largest absolute Gasteiger partial charge is 0.392 e. The number of H-pyrrole nitrogens is 1. The van der Waals surface area contributed by atoms with Crippen molar-refractivity contribution in [2.24, 2.45) is 0 Å². The summed E-state index contributed by atoms with van der Waals surface area (Å²) in [6, 6.07) is 4.58. The normalized spacial score (nSPS) is 11.6. The van der Waals surface area contributed by atoms with Gasteiger partial charge in [0.25, 0.3) is 10.0 Å². The van der Waals surface area contributed by atoms with Gasteiger partial charge in [-0.2, -0.15) is 13.5 Å². The number of aliphatic hydroxyl groups is 1. The van der Waals surface area contributed by atoms with Crippen LogP contribution in [0.1, 0.15) is 11.3 Å². The molecule has 20 heavy (non-hydrogen) atoms. The molecular weight excluding hydrogens is 325 g/mol. The van der Waals surface area contributed by atoms with Crippen molar-refractivity contribution in [2.45, 2.75) is 18.6 Å². The van der Waals surface area contributed by atoms with Crippen molar-refractivity contribution in [3.63, 3.8) is 0 Å². The molecule has 1 aromatic carbocycles. The average molecular weight is 336 g/mol. The minimum Gasteiger partial charge on any atom is -0.392 e. The van der Waals surface area contributed by atoms with Crippen LogP contribution in [0.3, 0.4) is 0 Å². The number of rotatable bonds is 4. The maximum absolute atomic E-state index is 12.3. The quantitative estimate of drug-likeness (QED) is 0.798. The number of aliphatic hydroxyl groups excluding tert-OH is 1. The van der Waals surface area contributed by atoms with Gasteiger partial charge in [0.05, 0.1) is 22.3 Å². The lowest BCUT2D eigenvalue weighted by atomic mass is 10.3. The van der Waals surface area contributed by atoms with Crippen LogP contribution < -0.4 is 4.72 Å². The van der Waals surface area contributed by atoms with E-state index in [4.69, 9.17) is 23.2 Å². The molecule has 2 aromatic rings. The Morgan fingerprint density at radius 1 is 1.40 bits per heavy atom. The summed E-state index contributed by atoms with van der Waals surface area (Å²) in [6.07, 6.45) is 0. The van der Waals surface area contributed by atoms with Crippen LogP contribution in [0.25, 0.3) is 0 Å². The molecule has 0 radical (unpaired) electrons. The van der Waals surface area contributed by atoms with Crippen molar-refractivity contribution in [1.29, 1.82) is 0 Å². The van der Waals surface area contributed by atoms with Gasteiger partial charge in [0.15, 0.2) is 0 Å². The number of nitrogens with zero attached hydrogens (tertiary/aromatic N) is 1. The zero-order valence-corrected chi connectivity index (χ0v) is 12.6. The molecule has 0 fully saturated rings. The molecule has 6 nitrogen and oxygen atoms in total. The van der Waals surface area contributed by atoms with Crippen molar-refractivity contribution in [2.75, 3.05) is 4.72 Å². The van der Waals surface area contributed by atoms with Gasteiger partial charge in [-0.1, -0.05) is 29.3 Å². The van der Waals surface area contributed by atoms with Gasteiger partial charge < -0.3 is 5.11 Å². The lowest BCUT2D eigenvalue weighted by molar-refractivity contribution is 0.277. The third-order valence-electron chi connectivity index (χ3n) is 2.64. The number of nitrogens with one attached hydrogen (secondary N) is 2. The molecule has 3 N–H and O–H groups in total. The minimum absolute atomic E-state index is 0.0931. The van der Waals surface area contributed by atoms with Gasteiger partial charge in [-0.15, -0.1) is 0 Å². The van der Waals surface area contributed by atoms with E-state index >= 15 is 0 Å². The first-order valence-electron chi connectivity index (χ1n) is 5.48. The van der Waals surface area contributed by atoms with Gasteiger partial charge in [-0.05, 0) is 19.1 Å². The third-order valence-corrected chi connectivity index (χ3v) is 4.80. The zero-order chi connectivity index (χ0) is 14.9. The summed E-state index contributed by atoms with van der Waals surface area (Å²) in [5.41, 5.74) is 0.824. The van der Waals surface area contributed by atoms with Crippen LogP contribution in [0.4, 0.5) is 5.69 Å². The summed E-state index contributed by atoms with van der Waals surface area (Å²) in [5.74, 6) is 0. The zero-order valence-electron chi connectivity index (χ0n) is 10.3. The fourth-order valence-corrected chi connectivity index (χ4v) is 3.28. The summed E-state index contributed by atoms with van der Waals surface area (Å²) in [4.78, 5) is 0. The Bertz CT molecular complexity index is 743. The highest BCUT2D eigenvalue weighted by molar-refractivity contribution is 7.92. The number of sulfonamides is 1. The molecule has 0 saturated heterocycles. The highest BCUT2D eigenvalue weighted by Gasteiger charge is 2.24. The van der Waals surface area contributed by atoms with Gasteiger partial charge in [-0.3, -0.25) is 9.82 Å². The Labute approximate surface area is 125 Å². The number of aromatic amines is 1. The lowest BCUT2D eigenvalue weighted by Crippen LogP contribution is -2.15. The van der Waals surface area contributed by atoms with Crippen LogP contribution in [0.2, 0.25) is 10.0 Å². The molecule has 0 unspecified atom stereocenters. The minimum atomic E-state index is -3.97. The fraction of sp³-hybridized carbons (Fsp3) is 0.182. The number of halogens is 2. The molecule has 0 atom stereocenters. The Balaban J connectivity index is 2.44. The van der Waals surface area contributed by atoms with Gasteiger partial charge in [0.1, 0.15) is 0 Å². The van der Waals surface area contributed by atoms with Crippen molar-refractivity contribution >= 4 is 38.9 Å². The molecule has 0 amide bonds. The third kappa shape index (κ3) is 2.76. The Hall–Kier alpha value is -1.28. The van der Waals surface area contributed by atoms with E-state index < -0.39 is 16.6 Å². The van der Waals surface area contributed by atoms with Gasteiger partial charge >= 0.3 is 0 Å². The van der Waals surface area contributed by atoms with Crippen molar-refractivity contribution < 1.29 is 13.5 Å². The van der Waals surface area contributed by atoms with E-state index in [9.17, 15) is 13.5 Å². The first kappa shape index (κ1) is 15.1. The van der Waals surface area contributed by atoms with Gasteiger partial charge in [0, 0.05) is 11.3 Å². The lowest BCUT2D eigenvalue weighted by Gasteiger charge is -2.09. The van der Waals surface area contributed by atoms with E-state index in [1.54, 1.807) is 19.1 Å². The maximum Gasteiger partial charge on any atom is 0.281 e. The molecule has 0 aliphatic carbocycles. The number of hydrogen-bond donors (Lipinski definition) is 3. The first-order valence-corrected chi connectivity index (χ1v) is 7.72. The van der Waals surface area contributed by atoms with E-state index in [1.165, 1.54) is 6.07 Å². The maximum atomic E-state index is 12.3. The Morgan fingerprint density at radius 2 is 2.10 bits per heavy atom. The summed E-state index contributed by atoms with van der Waals surface area (Å²) in [7, 11) is -3.97. The van der Waals surface area contributed by atoms with Crippen LogP contribution in [-0.2, 0) is 16.6 Å². The molecule has 0 saturated carbocycles. The van der Waals surface area contributed by atoms with Crippen molar-refractivity contribution in [1.82, 2.24) is 10.2 Å². The molecule has 1 heterocycles. The monoisotopic (exact) mass is 335 g/mol. The molecular formula is C11H11Cl2N3O3S. The Morgan fingerprint density at radius 3 is 2.75 bits per heavy atom. The van der Waals surface area contributed by atoms with E-state index in [0.717, 1.165) is 0 Å². The van der Waals surface area contributed by atoms with E-state index in [0.29, 0.717) is 5.69 Å². The molecule has 0 bridgehead atoms. The SMILES string of the molecule is Cc1[nH]nc(S(=O)(=O)Nc2cccc(Cl)c2Cl)c1CO. The van der Waals surface area contributed by atoms with E-state index in [1.807, 2.05) is 0 Å². The van der Waals surface area contributed by atoms with Crippen molar-refractivity contribution in [3.05, 3.63) is 39.5 Å². The number of anilines is 1. The van der Waals surface area contributed by atoms with Crippen LogP contribution in [0, 0.1) is 6.92 Å². The standard InChI is InChI=1S/C11H11Cl2N3O3S/c1-6-7(5-17)11(15-14-6)20(18,19)16-9-4-2-3-8(12)10(9)13/h2-4,16-17H,5H2,1H3,(H,14,15). The highest BCUT2D eigenvalue weighted by Crippen LogP contribution is 2.31. The second-order valence-corrected chi connectivity index (χ2v) is 6.38. The first-order chi connectivity index (χ1) is 9.36. The molecule has 0 aliphatic heterocycles. The number of hydrogen-bond acceptors (Lipinski definition) is 4. The summed E-state index contributed by atoms with van der Waals surface area (Å²) < 4.78 is 26.8. The van der Waals surface area contributed by atoms with E-state index in [2.05, 4.69) is 14.9 Å². The van der Waals surface area contributed by atoms with E-state index in [-0.39, 0.29) is 26.3 Å². The molecule has 9 heteroatoms. The molecule has 1 aromatic heterocycles. The van der Waals surface area contributed by atoms with Gasteiger partial charge in [-0.25, -0.2) is 0 Å². The Kier molecular flexibility index (Phi) is 4.24. The van der Waals surface area contributed by atoms with Gasteiger partial charge in [0.2, 0.25) is 5.03 Å². The number of aryl methyl sites for hydroxylation is 1. The predicted molar refractivity (Wildman–Crippen MR) is 76.5 cm³/mol. The number of aromatic nitrogens is 2. The van der Waals surface area contributed by atoms with Crippen LogP contribution >= 0.6 is 23.2 Å². The summed E-state index contributed by atoms with van der Waals surface area (Å²) in [6.45, 7) is 1.17.